The lowest BCUT2D eigenvalue weighted by molar-refractivity contribution is -0.147. The summed E-state index contributed by atoms with van der Waals surface area (Å²) in [6, 6.07) is 0. The van der Waals surface area contributed by atoms with Crippen molar-refractivity contribution < 1.29 is 14.3 Å². The van der Waals surface area contributed by atoms with Crippen molar-refractivity contribution in [2.75, 3.05) is 7.11 Å². The molecule has 0 bridgehead atoms. The Bertz CT molecular complexity index is 260. The Balaban J connectivity index is 2.43. The lowest BCUT2D eigenvalue weighted by Gasteiger charge is -2.20. The number of carbonyl (C=O) groups excluding carboxylic acids is 2. The van der Waals surface area contributed by atoms with Crippen molar-refractivity contribution in [3.8, 4) is 0 Å². The summed E-state index contributed by atoms with van der Waals surface area (Å²) in [5.74, 6) is 0.360. The van der Waals surface area contributed by atoms with E-state index >= 15 is 0 Å². The highest BCUT2D eigenvalue weighted by molar-refractivity contribution is 5.82. The zero-order chi connectivity index (χ0) is 12.7. The van der Waals surface area contributed by atoms with Crippen molar-refractivity contribution in [1.82, 2.24) is 0 Å². The van der Waals surface area contributed by atoms with E-state index in [4.69, 9.17) is 4.74 Å². The summed E-state index contributed by atoms with van der Waals surface area (Å²) in [6.45, 7) is 2.17. The molecule has 0 aromatic carbocycles. The van der Waals surface area contributed by atoms with Crippen LogP contribution in [0.15, 0.2) is 0 Å². The minimum Gasteiger partial charge on any atom is -0.469 e. The zero-order valence-electron chi connectivity index (χ0n) is 11.0. The van der Waals surface area contributed by atoms with Gasteiger partial charge in [-0.1, -0.05) is 32.6 Å². The Morgan fingerprint density at radius 2 is 2.18 bits per heavy atom. The van der Waals surface area contributed by atoms with Gasteiger partial charge in [0.25, 0.3) is 0 Å². The first-order valence-corrected chi connectivity index (χ1v) is 6.78. The highest BCUT2D eigenvalue weighted by atomic mass is 16.5. The van der Waals surface area contributed by atoms with Gasteiger partial charge in [0, 0.05) is 12.8 Å². The molecule has 3 heteroatoms. The van der Waals surface area contributed by atoms with Gasteiger partial charge >= 0.3 is 5.97 Å². The molecule has 0 radical (unpaired) electrons. The van der Waals surface area contributed by atoms with E-state index in [0.717, 1.165) is 19.3 Å². The maximum Gasteiger partial charge on any atom is 0.308 e. The summed E-state index contributed by atoms with van der Waals surface area (Å²) in [5.41, 5.74) is 0. The molecule has 2 unspecified atom stereocenters. The number of unbranched alkanes of at least 4 members (excludes halogenated alkanes) is 3. The van der Waals surface area contributed by atoms with Crippen LogP contribution in [0.25, 0.3) is 0 Å². The molecule has 0 heterocycles. The van der Waals surface area contributed by atoms with Crippen LogP contribution in [0.3, 0.4) is 0 Å². The molecule has 0 aromatic heterocycles. The topological polar surface area (TPSA) is 43.4 Å². The zero-order valence-corrected chi connectivity index (χ0v) is 11.0. The van der Waals surface area contributed by atoms with Gasteiger partial charge in [-0.2, -0.15) is 0 Å². The standard InChI is InChI=1S/C14H24O3/c1-3-4-5-6-7-13(14(16)17-2)11-8-9-12(15)10-11/h11,13H,3-10H2,1-2H3. The predicted molar refractivity (Wildman–Crippen MR) is 66.6 cm³/mol. The third-order valence-corrected chi connectivity index (χ3v) is 3.73. The fraction of sp³-hybridized carbons (Fsp3) is 0.857. The van der Waals surface area contributed by atoms with E-state index < -0.39 is 0 Å². The third kappa shape index (κ3) is 4.49. The quantitative estimate of drug-likeness (QED) is 0.507. The molecule has 3 nitrogen and oxygen atoms in total. The first kappa shape index (κ1) is 14.2. The summed E-state index contributed by atoms with van der Waals surface area (Å²) in [6.07, 6.45) is 7.63. The molecular formula is C14H24O3. The van der Waals surface area contributed by atoms with Crippen molar-refractivity contribution in [2.45, 2.75) is 58.3 Å². The van der Waals surface area contributed by atoms with Crippen LogP contribution in [0.5, 0.6) is 0 Å². The molecule has 17 heavy (non-hydrogen) atoms. The molecule has 1 rings (SSSR count). The molecule has 0 saturated heterocycles. The van der Waals surface area contributed by atoms with E-state index in [2.05, 4.69) is 6.92 Å². The minimum atomic E-state index is -0.124. The number of methoxy groups -OCH3 is 1. The Hall–Kier alpha value is -0.860. The predicted octanol–water partition coefficient (Wildman–Crippen LogP) is 3.12. The van der Waals surface area contributed by atoms with Crippen LogP contribution in [0.2, 0.25) is 0 Å². The fourth-order valence-corrected chi connectivity index (χ4v) is 2.67. The van der Waals surface area contributed by atoms with Gasteiger partial charge in [0.15, 0.2) is 0 Å². The van der Waals surface area contributed by atoms with Gasteiger partial charge in [-0.05, 0) is 18.8 Å². The van der Waals surface area contributed by atoms with Gasteiger partial charge in [0.2, 0.25) is 0 Å². The van der Waals surface area contributed by atoms with Crippen molar-refractivity contribution in [1.29, 1.82) is 0 Å². The van der Waals surface area contributed by atoms with Gasteiger partial charge in [0.1, 0.15) is 5.78 Å². The monoisotopic (exact) mass is 240 g/mol. The van der Waals surface area contributed by atoms with Gasteiger partial charge in [-0.3, -0.25) is 9.59 Å². The molecule has 1 aliphatic carbocycles. The van der Waals surface area contributed by atoms with E-state index in [1.165, 1.54) is 26.4 Å². The SMILES string of the molecule is CCCCCCC(C(=O)OC)C1CCC(=O)C1. The summed E-state index contributed by atoms with van der Waals surface area (Å²) in [7, 11) is 1.44. The summed E-state index contributed by atoms with van der Waals surface area (Å²) >= 11 is 0. The van der Waals surface area contributed by atoms with Crippen LogP contribution in [-0.2, 0) is 14.3 Å². The second-order valence-corrected chi connectivity index (χ2v) is 5.02. The van der Waals surface area contributed by atoms with Crippen molar-refractivity contribution in [3.05, 3.63) is 0 Å². The molecule has 98 valence electrons. The number of carbonyl (C=O) groups is 2. The minimum absolute atomic E-state index is 0.0525. The molecule has 1 fully saturated rings. The van der Waals surface area contributed by atoms with E-state index in [1.807, 2.05) is 0 Å². The molecular weight excluding hydrogens is 216 g/mol. The largest absolute Gasteiger partial charge is 0.469 e. The van der Waals surface area contributed by atoms with E-state index in [1.54, 1.807) is 0 Å². The first-order chi connectivity index (χ1) is 8.19. The molecule has 0 aliphatic heterocycles. The average molecular weight is 240 g/mol. The number of esters is 1. The Morgan fingerprint density at radius 1 is 1.41 bits per heavy atom. The van der Waals surface area contributed by atoms with Crippen molar-refractivity contribution >= 4 is 11.8 Å². The maximum absolute atomic E-state index is 11.7. The summed E-state index contributed by atoms with van der Waals surface area (Å²) < 4.78 is 4.87. The molecule has 0 N–H and O–H groups in total. The van der Waals surface area contributed by atoms with Crippen LogP contribution < -0.4 is 0 Å². The maximum atomic E-state index is 11.7. The van der Waals surface area contributed by atoms with Crippen LogP contribution >= 0.6 is 0 Å². The van der Waals surface area contributed by atoms with E-state index in [0.29, 0.717) is 18.6 Å². The normalized spacial score (nSPS) is 21.5. The average Bonchev–Trinajstić information content (AvgIpc) is 2.75. The molecule has 0 spiro atoms. The Kier molecular flexibility index (Phi) is 6.23. The summed E-state index contributed by atoms with van der Waals surface area (Å²) in [5, 5.41) is 0. The first-order valence-electron chi connectivity index (χ1n) is 6.78. The van der Waals surface area contributed by atoms with Gasteiger partial charge < -0.3 is 4.74 Å². The lowest BCUT2D eigenvalue weighted by atomic mass is 9.86. The van der Waals surface area contributed by atoms with Gasteiger partial charge in [-0.15, -0.1) is 0 Å². The van der Waals surface area contributed by atoms with Gasteiger partial charge in [0.05, 0.1) is 13.0 Å². The number of ether oxygens (including phenoxy) is 1. The van der Waals surface area contributed by atoms with Crippen molar-refractivity contribution in [2.24, 2.45) is 11.8 Å². The number of ketones is 1. The smallest absolute Gasteiger partial charge is 0.308 e. The lowest BCUT2D eigenvalue weighted by Crippen LogP contribution is -2.23. The molecule has 0 aromatic rings. The second-order valence-electron chi connectivity index (χ2n) is 5.02. The van der Waals surface area contributed by atoms with E-state index in [-0.39, 0.29) is 17.8 Å². The van der Waals surface area contributed by atoms with Crippen LogP contribution in [0.1, 0.15) is 58.3 Å². The third-order valence-electron chi connectivity index (χ3n) is 3.73. The highest BCUT2D eigenvalue weighted by Gasteiger charge is 2.34. The number of hydrogen-bond acceptors (Lipinski definition) is 3. The Morgan fingerprint density at radius 3 is 2.71 bits per heavy atom. The molecule has 0 amide bonds. The highest BCUT2D eigenvalue weighted by Crippen LogP contribution is 2.33. The molecule has 1 aliphatic rings. The van der Waals surface area contributed by atoms with E-state index in [9.17, 15) is 9.59 Å². The number of rotatable bonds is 7. The number of Topliss-reactive ketones (excluding diaryl/α,β-unsaturated/α-hetero) is 1. The Labute approximate surface area is 104 Å². The van der Waals surface area contributed by atoms with Gasteiger partial charge in [-0.25, -0.2) is 0 Å². The molecule has 1 saturated carbocycles. The fourth-order valence-electron chi connectivity index (χ4n) is 2.67. The summed E-state index contributed by atoms with van der Waals surface area (Å²) in [4.78, 5) is 23.0. The molecule has 2 atom stereocenters. The van der Waals surface area contributed by atoms with Crippen LogP contribution in [-0.4, -0.2) is 18.9 Å². The van der Waals surface area contributed by atoms with Crippen LogP contribution in [0, 0.1) is 11.8 Å². The number of hydrogen-bond donors (Lipinski definition) is 0. The second kappa shape index (κ2) is 7.46. The van der Waals surface area contributed by atoms with Crippen LogP contribution in [0.4, 0.5) is 0 Å². The van der Waals surface area contributed by atoms with Crippen molar-refractivity contribution in [3.63, 3.8) is 0 Å².